The van der Waals surface area contributed by atoms with Gasteiger partial charge in [0.25, 0.3) is 0 Å². The normalized spacial score (nSPS) is 16.5. The van der Waals surface area contributed by atoms with E-state index in [-0.39, 0.29) is 12.1 Å². The van der Waals surface area contributed by atoms with Gasteiger partial charge in [-0.1, -0.05) is 35.0 Å². The number of amides is 2. The molecular weight excluding hydrogens is 354 g/mol. The van der Waals surface area contributed by atoms with Gasteiger partial charge in [-0.3, -0.25) is 4.68 Å². The average Bonchev–Trinajstić information content (AvgIpc) is 3.40. The Bertz CT molecular complexity index is 973. The number of carbonyl (C=O) groups is 1. The molecule has 4 rings (SSSR count). The quantitative estimate of drug-likeness (QED) is 0.751. The summed E-state index contributed by atoms with van der Waals surface area (Å²) in [4.78, 5) is 14.4. The molecule has 1 aromatic carbocycles. The molecule has 7 heteroatoms. The van der Waals surface area contributed by atoms with Crippen LogP contribution in [-0.4, -0.2) is 39.0 Å². The van der Waals surface area contributed by atoms with Gasteiger partial charge in [0.15, 0.2) is 5.76 Å². The maximum absolute atomic E-state index is 12.5. The minimum Gasteiger partial charge on any atom is -0.356 e. The van der Waals surface area contributed by atoms with E-state index < -0.39 is 0 Å². The van der Waals surface area contributed by atoms with Crippen LogP contribution < -0.4 is 5.32 Å². The largest absolute Gasteiger partial charge is 0.356 e. The molecule has 0 unspecified atom stereocenters. The number of rotatable bonds is 4. The van der Waals surface area contributed by atoms with Crippen LogP contribution >= 0.6 is 0 Å². The molecule has 1 N–H and O–H groups in total. The number of benzene rings is 1. The third-order valence-electron chi connectivity index (χ3n) is 5.16. The van der Waals surface area contributed by atoms with Crippen molar-refractivity contribution in [3.63, 3.8) is 0 Å². The molecule has 0 spiro atoms. The van der Waals surface area contributed by atoms with Crippen molar-refractivity contribution in [3.8, 4) is 11.3 Å². The van der Waals surface area contributed by atoms with Gasteiger partial charge in [0.05, 0.1) is 18.3 Å². The molecule has 146 valence electrons. The van der Waals surface area contributed by atoms with Gasteiger partial charge in [-0.25, -0.2) is 4.79 Å². The van der Waals surface area contributed by atoms with Crippen LogP contribution in [-0.2, 0) is 6.54 Å². The third-order valence-corrected chi connectivity index (χ3v) is 5.16. The lowest BCUT2D eigenvalue weighted by atomic mass is 10.1. The number of aromatic nitrogens is 3. The van der Waals surface area contributed by atoms with Gasteiger partial charge in [0.1, 0.15) is 5.69 Å². The molecule has 7 nitrogen and oxygen atoms in total. The summed E-state index contributed by atoms with van der Waals surface area (Å²) in [5.74, 6) is 0.704. The first-order valence-electron chi connectivity index (χ1n) is 9.58. The lowest BCUT2D eigenvalue weighted by Gasteiger charge is -2.17. The third kappa shape index (κ3) is 3.78. The first kappa shape index (κ1) is 18.3. The van der Waals surface area contributed by atoms with Crippen LogP contribution in [0.5, 0.6) is 0 Å². The molecule has 1 saturated heterocycles. The van der Waals surface area contributed by atoms with Crippen molar-refractivity contribution in [2.75, 3.05) is 13.1 Å². The Labute approximate surface area is 164 Å². The van der Waals surface area contributed by atoms with Gasteiger partial charge in [-0.2, -0.15) is 5.10 Å². The summed E-state index contributed by atoms with van der Waals surface area (Å²) in [5, 5.41) is 11.6. The number of carbonyl (C=O) groups excluding carboxylic acids is 1. The van der Waals surface area contributed by atoms with Crippen LogP contribution in [0.15, 0.2) is 40.9 Å². The predicted molar refractivity (Wildman–Crippen MR) is 106 cm³/mol. The van der Waals surface area contributed by atoms with E-state index in [1.807, 2.05) is 53.8 Å². The molecule has 0 saturated carbocycles. The highest BCUT2D eigenvalue weighted by atomic mass is 16.5. The Morgan fingerprint density at radius 2 is 2.00 bits per heavy atom. The van der Waals surface area contributed by atoms with E-state index in [0.29, 0.717) is 24.5 Å². The van der Waals surface area contributed by atoms with Crippen LogP contribution in [0, 0.1) is 20.8 Å². The summed E-state index contributed by atoms with van der Waals surface area (Å²) in [6.45, 7) is 7.83. The fraction of sp³-hybridized carbons (Fsp3) is 0.381. The number of aryl methyl sites for hydroxylation is 3. The molecule has 28 heavy (non-hydrogen) atoms. The Kier molecular flexibility index (Phi) is 4.90. The second-order valence-electron chi connectivity index (χ2n) is 7.47. The summed E-state index contributed by atoms with van der Waals surface area (Å²) in [6.07, 6.45) is 0.914. The molecule has 2 amide bonds. The Morgan fingerprint density at radius 1 is 1.21 bits per heavy atom. The molecule has 1 aliphatic heterocycles. The average molecular weight is 379 g/mol. The minimum absolute atomic E-state index is 0.0797. The molecular formula is C21H25N5O2. The second-order valence-corrected chi connectivity index (χ2v) is 7.47. The number of urea groups is 1. The second kappa shape index (κ2) is 7.50. The molecule has 0 radical (unpaired) electrons. The number of nitrogens with zero attached hydrogens (tertiary/aromatic N) is 4. The van der Waals surface area contributed by atoms with Crippen LogP contribution in [0.2, 0.25) is 0 Å². The van der Waals surface area contributed by atoms with E-state index in [1.165, 1.54) is 5.56 Å². The lowest BCUT2D eigenvalue weighted by Crippen LogP contribution is -2.38. The van der Waals surface area contributed by atoms with Gasteiger partial charge in [0, 0.05) is 30.4 Å². The number of likely N-dealkylation sites (tertiary alicyclic amines) is 1. The monoisotopic (exact) mass is 379 g/mol. The van der Waals surface area contributed by atoms with E-state index >= 15 is 0 Å². The summed E-state index contributed by atoms with van der Waals surface area (Å²) >= 11 is 0. The fourth-order valence-corrected chi connectivity index (χ4v) is 3.67. The van der Waals surface area contributed by atoms with Crippen molar-refractivity contribution in [3.05, 3.63) is 59.0 Å². The lowest BCUT2D eigenvalue weighted by molar-refractivity contribution is 0.206. The molecule has 2 aromatic heterocycles. The maximum atomic E-state index is 12.5. The predicted octanol–water partition coefficient (Wildman–Crippen LogP) is 3.62. The number of nitrogens with one attached hydrogen (secondary N) is 1. The smallest absolute Gasteiger partial charge is 0.317 e. The molecule has 1 aliphatic rings. The maximum Gasteiger partial charge on any atom is 0.317 e. The van der Waals surface area contributed by atoms with Crippen LogP contribution in [0.3, 0.4) is 0 Å². The van der Waals surface area contributed by atoms with E-state index in [2.05, 4.69) is 28.6 Å². The van der Waals surface area contributed by atoms with E-state index in [0.717, 1.165) is 29.9 Å². The van der Waals surface area contributed by atoms with Gasteiger partial charge >= 0.3 is 6.03 Å². The van der Waals surface area contributed by atoms with Crippen molar-refractivity contribution < 1.29 is 9.32 Å². The summed E-state index contributed by atoms with van der Waals surface area (Å²) in [5.41, 5.74) is 5.02. The highest BCUT2D eigenvalue weighted by Crippen LogP contribution is 2.23. The zero-order valence-corrected chi connectivity index (χ0v) is 16.5. The summed E-state index contributed by atoms with van der Waals surface area (Å²) in [7, 11) is 0. The molecule has 3 aromatic rings. The summed E-state index contributed by atoms with van der Waals surface area (Å²) in [6, 6.07) is 12.2. The molecule has 1 atom stereocenters. The van der Waals surface area contributed by atoms with Crippen molar-refractivity contribution in [1.82, 2.24) is 25.2 Å². The molecule has 1 fully saturated rings. The van der Waals surface area contributed by atoms with Gasteiger partial charge in [-0.15, -0.1) is 0 Å². The topological polar surface area (TPSA) is 76.2 Å². The molecule has 3 heterocycles. The zero-order valence-electron chi connectivity index (χ0n) is 16.5. The van der Waals surface area contributed by atoms with Crippen molar-refractivity contribution in [2.24, 2.45) is 0 Å². The van der Waals surface area contributed by atoms with Crippen molar-refractivity contribution >= 4 is 6.03 Å². The van der Waals surface area contributed by atoms with E-state index in [9.17, 15) is 4.79 Å². The van der Waals surface area contributed by atoms with Crippen molar-refractivity contribution in [1.29, 1.82) is 0 Å². The van der Waals surface area contributed by atoms with Gasteiger partial charge in [0.2, 0.25) is 0 Å². The standard InChI is InChI=1S/C21H25N5O2/c1-14-4-6-17(7-5-14)20-11-18(24-28-20)12-22-21(27)25-9-8-19(13-25)26-16(3)10-15(2)23-26/h4-7,10-11,19H,8-9,12-13H2,1-3H3,(H,22,27)/t19-/m0/s1. The van der Waals surface area contributed by atoms with Crippen LogP contribution in [0.1, 0.15) is 35.1 Å². The van der Waals surface area contributed by atoms with E-state index in [4.69, 9.17) is 4.52 Å². The first-order valence-corrected chi connectivity index (χ1v) is 9.58. The van der Waals surface area contributed by atoms with Crippen molar-refractivity contribution in [2.45, 2.75) is 39.8 Å². The van der Waals surface area contributed by atoms with Crippen LogP contribution in [0.25, 0.3) is 11.3 Å². The SMILES string of the molecule is Cc1ccc(-c2cc(CNC(=O)N3CC[C@H](n4nc(C)cc4C)C3)no2)cc1. The highest BCUT2D eigenvalue weighted by Gasteiger charge is 2.28. The van der Waals surface area contributed by atoms with Gasteiger partial charge in [-0.05, 0) is 33.3 Å². The van der Waals surface area contributed by atoms with Gasteiger partial charge < -0.3 is 14.7 Å². The Morgan fingerprint density at radius 3 is 2.71 bits per heavy atom. The first-order chi connectivity index (χ1) is 13.5. The highest BCUT2D eigenvalue weighted by molar-refractivity contribution is 5.74. The van der Waals surface area contributed by atoms with Crippen LogP contribution in [0.4, 0.5) is 4.79 Å². The zero-order chi connectivity index (χ0) is 19.7. The Balaban J connectivity index is 1.32. The summed E-state index contributed by atoms with van der Waals surface area (Å²) < 4.78 is 7.45. The minimum atomic E-state index is -0.0797. The molecule has 0 bridgehead atoms. The number of hydrogen-bond donors (Lipinski definition) is 1. The Hall–Kier alpha value is -3.09. The number of hydrogen-bond acceptors (Lipinski definition) is 4. The van der Waals surface area contributed by atoms with E-state index in [1.54, 1.807) is 0 Å². The molecule has 0 aliphatic carbocycles. The fourth-order valence-electron chi connectivity index (χ4n) is 3.67.